The first kappa shape index (κ1) is 13.2. The van der Waals surface area contributed by atoms with Gasteiger partial charge in [-0.15, -0.1) is 10.2 Å². The number of rotatable bonds is 2. The molecular weight excluding hydrogens is 266 g/mol. The van der Waals surface area contributed by atoms with Gasteiger partial charge in [0.25, 0.3) is 0 Å². The number of aryl methyl sites for hydroxylation is 1. The molecule has 1 aromatic heterocycles. The Kier molecular flexibility index (Phi) is 3.41. The summed E-state index contributed by atoms with van der Waals surface area (Å²) < 4.78 is 2.28. The maximum Gasteiger partial charge on any atom is 0.239 e. The molecule has 0 saturated carbocycles. The van der Waals surface area contributed by atoms with Crippen molar-refractivity contribution in [1.29, 1.82) is 0 Å². The Bertz CT molecular complexity index is 534. The van der Waals surface area contributed by atoms with Gasteiger partial charge >= 0.3 is 0 Å². The molecule has 1 N–H and O–H groups in total. The van der Waals surface area contributed by atoms with Gasteiger partial charge in [-0.1, -0.05) is 0 Å². The topological polar surface area (TPSA) is 63.1 Å². The number of hydrogen-bond acceptors (Lipinski definition) is 4. The van der Waals surface area contributed by atoms with Crippen LogP contribution in [0.25, 0.3) is 0 Å². The van der Waals surface area contributed by atoms with E-state index in [1.54, 1.807) is 0 Å². The van der Waals surface area contributed by atoms with Gasteiger partial charge in [-0.05, 0) is 38.6 Å². The van der Waals surface area contributed by atoms with Gasteiger partial charge in [-0.2, -0.15) is 0 Å². The van der Waals surface area contributed by atoms with E-state index in [-0.39, 0.29) is 6.04 Å². The fraction of sp³-hybridized carbons (Fsp3) is 0.800. The third-order valence-electron chi connectivity index (χ3n) is 5.09. The molecule has 2 saturated heterocycles. The SMILES string of the molecule is O=C(C1CCCN1)N1CCCC(c2nnc3n2CCC3)C1. The Morgan fingerprint density at radius 2 is 2.10 bits per heavy atom. The van der Waals surface area contributed by atoms with Crippen molar-refractivity contribution in [1.82, 2.24) is 25.0 Å². The van der Waals surface area contributed by atoms with Crippen LogP contribution in [0.1, 0.15) is 49.7 Å². The molecule has 0 radical (unpaired) electrons. The van der Waals surface area contributed by atoms with Gasteiger partial charge in [-0.25, -0.2) is 0 Å². The van der Waals surface area contributed by atoms with E-state index in [4.69, 9.17) is 0 Å². The summed E-state index contributed by atoms with van der Waals surface area (Å²) in [4.78, 5) is 14.6. The van der Waals surface area contributed by atoms with Gasteiger partial charge in [0, 0.05) is 32.0 Å². The van der Waals surface area contributed by atoms with E-state index >= 15 is 0 Å². The molecule has 1 aromatic rings. The minimum atomic E-state index is 0.0489. The van der Waals surface area contributed by atoms with Crippen molar-refractivity contribution in [3.8, 4) is 0 Å². The molecule has 0 spiro atoms. The molecule has 0 aliphatic carbocycles. The number of carbonyl (C=O) groups is 1. The second-order valence-corrected chi connectivity index (χ2v) is 6.50. The molecule has 2 fully saturated rings. The van der Waals surface area contributed by atoms with E-state index in [1.165, 1.54) is 6.42 Å². The Balaban J connectivity index is 1.48. The lowest BCUT2D eigenvalue weighted by Gasteiger charge is -2.34. The van der Waals surface area contributed by atoms with E-state index in [0.29, 0.717) is 11.8 Å². The maximum absolute atomic E-state index is 12.6. The fourth-order valence-electron chi connectivity index (χ4n) is 3.98. The minimum Gasteiger partial charge on any atom is -0.341 e. The largest absolute Gasteiger partial charge is 0.341 e. The third kappa shape index (κ3) is 2.35. The summed E-state index contributed by atoms with van der Waals surface area (Å²) in [5.74, 6) is 2.90. The highest BCUT2D eigenvalue weighted by Gasteiger charge is 2.33. The van der Waals surface area contributed by atoms with Crippen molar-refractivity contribution >= 4 is 5.91 Å². The Morgan fingerprint density at radius 3 is 2.95 bits per heavy atom. The summed E-state index contributed by atoms with van der Waals surface area (Å²) >= 11 is 0. The zero-order valence-corrected chi connectivity index (χ0v) is 12.4. The zero-order chi connectivity index (χ0) is 14.2. The third-order valence-corrected chi connectivity index (χ3v) is 5.09. The summed E-state index contributed by atoms with van der Waals surface area (Å²) in [6, 6.07) is 0.0489. The summed E-state index contributed by atoms with van der Waals surface area (Å²) in [5.41, 5.74) is 0. The molecule has 4 heterocycles. The van der Waals surface area contributed by atoms with E-state index in [9.17, 15) is 4.79 Å². The Morgan fingerprint density at radius 1 is 1.14 bits per heavy atom. The summed E-state index contributed by atoms with van der Waals surface area (Å²) in [6.07, 6.45) is 6.53. The molecule has 6 nitrogen and oxygen atoms in total. The zero-order valence-electron chi connectivity index (χ0n) is 12.4. The molecule has 4 rings (SSSR count). The van der Waals surface area contributed by atoms with E-state index < -0.39 is 0 Å². The highest BCUT2D eigenvalue weighted by molar-refractivity contribution is 5.82. The van der Waals surface area contributed by atoms with Crippen LogP contribution in [0.4, 0.5) is 0 Å². The molecular formula is C15H23N5O. The Hall–Kier alpha value is -1.43. The average Bonchev–Trinajstić information content (AvgIpc) is 3.23. The molecule has 3 aliphatic heterocycles. The van der Waals surface area contributed by atoms with Crippen LogP contribution in [0.15, 0.2) is 0 Å². The number of hydrogen-bond donors (Lipinski definition) is 1. The number of aromatic nitrogens is 3. The first-order valence-electron chi connectivity index (χ1n) is 8.27. The molecule has 0 aromatic carbocycles. The van der Waals surface area contributed by atoms with Crippen LogP contribution in [0.2, 0.25) is 0 Å². The van der Waals surface area contributed by atoms with Gasteiger partial charge in [-0.3, -0.25) is 4.79 Å². The molecule has 3 aliphatic rings. The molecule has 0 bridgehead atoms. The lowest BCUT2D eigenvalue weighted by Crippen LogP contribution is -2.47. The number of piperidine rings is 1. The van der Waals surface area contributed by atoms with Crippen molar-refractivity contribution in [2.24, 2.45) is 0 Å². The van der Waals surface area contributed by atoms with Crippen LogP contribution < -0.4 is 5.32 Å². The van der Waals surface area contributed by atoms with Crippen LogP contribution in [-0.2, 0) is 17.8 Å². The number of nitrogens with zero attached hydrogens (tertiary/aromatic N) is 4. The minimum absolute atomic E-state index is 0.0489. The quantitative estimate of drug-likeness (QED) is 0.870. The van der Waals surface area contributed by atoms with Gasteiger partial charge in [0.05, 0.1) is 6.04 Å². The predicted octanol–water partition coefficient (Wildman–Crippen LogP) is 0.682. The molecule has 21 heavy (non-hydrogen) atoms. The van der Waals surface area contributed by atoms with Gasteiger partial charge in [0.2, 0.25) is 5.91 Å². The van der Waals surface area contributed by atoms with Crippen molar-refractivity contribution in [2.75, 3.05) is 19.6 Å². The number of amides is 1. The van der Waals surface area contributed by atoms with Crippen molar-refractivity contribution in [3.63, 3.8) is 0 Å². The summed E-state index contributed by atoms with van der Waals surface area (Å²) in [6.45, 7) is 3.74. The lowest BCUT2D eigenvalue weighted by atomic mass is 9.96. The standard InChI is InChI=1S/C15H23N5O/c21-15(12-5-1-7-16-12)19-8-2-4-11(10-19)14-18-17-13-6-3-9-20(13)14/h11-12,16H,1-10H2. The lowest BCUT2D eigenvalue weighted by molar-refractivity contribution is -0.134. The smallest absolute Gasteiger partial charge is 0.239 e. The molecule has 114 valence electrons. The van der Waals surface area contributed by atoms with E-state index in [0.717, 1.165) is 69.9 Å². The summed E-state index contributed by atoms with van der Waals surface area (Å²) in [5, 5.41) is 12.0. The maximum atomic E-state index is 12.6. The van der Waals surface area contributed by atoms with Crippen molar-refractivity contribution in [2.45, 2.75) is 57.0 Å². The first-order chi connectivity index (χ1) is 10.3. The van der Waals surface area contributed by atoms with Gasteiger partial charge in [0.1, 0.15) is 11.6 Å². The monoisotopic (exact) mass is 289 g/mol. The van der Waals surface area contributed by atoms with E-state index in [1.807, 2.05) is 4.90 Å². The normalized spacial score (nSPS) is 28.9. The second-order valence-electron chi connectivity index (χ2n) is 6.50. The Labute approximate surface area is 124 Å². The summed E-state index contributed by atoms with van der Waals surface area (Å²) in [7, 11) is 0. The highest BCUT2D eigenvalue weighted by Crippen LogP contribution is 2.29. The predicted molar refractivity (Wildman–Crippen MR) is 77.9 cm³/mol. The first-order valence-corrected chi connectivity index (χ1v) is 8.27. The van der Waals surface area contributed by atoms with Crippen LogP contribution in [-0.4, -0.2) is 51.2 Å². The number of nitrogens with one attached hydrogen (secondary N) is 1. The molecule has 2 atom stereocenters. The van der Waals surface area contributed by atoms with Crippen molar-refractivity contribution in [3.05, 3.63) is 11.6 Å². The van der Waals surface area contributed by atoms with E-state index in [2.05, 4.69) is 20.1 Å². The number of likely N-dealkylation sites (tertiary alicyclic amines) is 1. The van der Waals surface area contributed by atoms with Crippen molar-refractivity contribution < 1.29 is 4.79 Å². The molecule has 1 amide bonds. The van der Waals surface area contributed by atoms with Crippen LogP contribution in [0, 0.1) is 0 Å². The number of carbonyl (C=O) groups excluding carboxylic acids is 1. The highest BCUT2D eigenvalue weighted by atomic mass is 16.2. The average molecular weight is 289 g/mol. The molecule has 2 unspecified atom stereocenters. The fourth-order valence-corrected chi connectivity index (χ4v) is 3.98. The van der Waals surface area contributed by atoms with Crippen LogP contribution in [0.3, 0.4) is 0 Å². The van der Waals surface area contributed by atoms with Crippen LogP contribution >= 0.6 is 0 Å². The van der Waals surface area contributed by atoms with Gasteiger partial charge in [0.15, 0.2) is 0 Å². The number of fused-ring (bicyclic) bond motifs is 1. The second kappa shape index (κ2) is 5.40. The molecule has 6 heteroatoms. The van der Waals surface area contributed by atoms with Crippen LogP contribution in [0.5, 0.6) is 0 Å². The van der Waals surface area contributed by atoms with Gasteiger partial charge < -0.3 is 14.8 Å².